The molecule has 0 heterocycles. The largest absolute Gasteiger partial charge is 0.0654 e. The fraction of sp³-hybridized carbons (Fsp3) is 0.282. The zero-order valence-electron chi connectivity index (χ0n) is 24.0. The Balaban J connectivity index is 1.74. The lowest BCUT2D eigenvalue weighted by molar-refractivity contribution is 0.410. The predicted molar refractivity (Wildman–Crippen MR) is 186 cm³/mol. The van der Waals surface area contributed by atoms with E-state index in [9.17, 15) is 0 Å². The van der Waals surface area contributed by atoms with E-state index in [0.29, 0.717) is 0 Å². The van der Waals surface area contributed by atoms with E-state index in [2.05, 4.69) is 131 Å². The zero-order valence-corrected chi connectivity index (χ0v) is 27.2. The fourth-order valence-corrected chi connectivity index (χ4v) is 8.66. The van der Waals surface area contributed by atoms with Crippen LogP contribution in [0.15, 0.2) is 93.9 Å². The van der Waals surface area contributed by atoms with Crippen LogP contribution in [0.1, 0.15) is 76.3 Å². The van der Waals surface area contributed by atoms with Crippen molar-refractivity contribution in [2.24, 2.45) is 0 Å². The van der Waals surface area contributed by atoms with E-state index >= 15 is 0 Å². The highest BCUT2D eigenvalue weighted by Gasteiger charge is 2.46. The van der Waals surface area contributed by atoms with Gasteiger partial charge in [-0.3, -0.25) is 0 Å². The van der Waals surface area contributed by atoms with Crippen LogP contribution in [0.2, 0.25) is 0 Å². The Kier molecular flexibility index (Phi) is 7.20. The van der Waals surface area contributed by atoms with Crippen molar-refractivity contribution < 1.29 is 0 Å². The summed E-state index contributed by atoms with van der Waals surface area (Å²) >= 11 is 7.65. The van der Waals surface area contributed by atoms with E-state index in [0.717, 1.165) is 8.95 Å². The first-order chi connectivity index (χ1) is 20.1. The SMILES string of the molecule is CCCCCC1(CCCCC)c2c(c3ccccc3c3cc(Br)ccc23)-c2c1c1ccc(Br)cc1c1ccccc21. The van der Waals surface area contributed by atoms with E-state index in [1.54, 1.807) is 11.1 Å². The molecular formula is C39H36Br2. The summed E-state index contributed by atoms with van der Waals surface area (Å²) in [4.78, 5) is 0. The van der Waals surface area contributed by atoms with Crippen molar-refractivity contribution in [1.29, 1.82) is 0 Å². The molecule has 0 nitrogen and oxygen atoms in total. The summed E-state index contributed by atoms with van der Waals surface area (Å²) < 4.78 is 2.29. The summed E-state index contributed by atoms with van der Waals surface area (Å²) in [6.45, 7) is 4.67. The first-order valence-corrected chi connectivity index (χ1v) is 17.0. The molecule has 0 bridgehead atoms. The Morgan fingerprint density at radius 3 is 1.29 bits per heavy atom. The van der Waals surface area contributed by atoms with Gasteiger partial charge in [-0.1, -0.05) is 145 Å². The second kappa shape index (κ2) is 10.9. The Morgan fingerprint density at radius 2 is 0.878 bits per heavy atom. The second-order valence-corrected chi connectivity index (χ2v) is 13.8. The third kappa shape index (κ3) is 4.20. The van der Waals surface area contributed by atoms with Crippen LogP contribution in [0.25, 0.3) is 54.2 Å². The van der Waals surface area contributed by atoms with Crippen molar-refractivity contribution in [2.45, 2.75) is 70.6 Å². The van der Waals surface area contributed by atoms with Crippen LogP contribution in [0.3, 0.4) is 0 Å². The minimum absolute atomic E-state index is 0.0266. The van der Waals surface area contributed by atoms with Crippen LogP contribution in [0.4, 0.5) is 0 Å². The number of hydrogen-bond acceptors (Lipinski definition) is 0. The predicted octanol–water partition coefficient (Wildman–Crippen LogP) is 13.3. The lowest BCUT2D eigenvalue weighted by Gasteiger charge is -2.35. The average molecular weight is 665 g/mol. The van der Waals surface area contributed by atoms with Crippen molar-refractivity contribution in [3.8, 4) is 11.1 Å². The molecule has 6 aromatic carbocycles. The highest BCUT2D eigenvalue weighted by Crippen LogP contribution is 2.62. The molecule has 0 aliphatic heterocycles. The molecule has 0 spiro atoms. The molecule has 0 aromatic heterocycles. The Hall–Kier alpha value is -2.68. The summed E-state index contributed by atoms with van der Waals surface area (Å²) in [6.07, 6.45) is 9.90. The molecule has 0 unspecified atom stereocenters. The summed E-state index contributed by atoms with van der Waals surface area (Å²) in [7, 11) is 0. The summed E-state index contributed by atoms with van der Waals surface area (Å²) in [6, 6.07) is 32.4. The number of fused-ring (bicyclic) bond motifs is 13. The molecule has 0 fully saturated rings. The lowest BCUT2D eigenvalue weighted by atomic mass is 9.68. The van der Waals surface area contributed by atoms with Crippen molar-refractivity contribution in [3.05, 3.63) is 105 Å². The molecule has 6 aromatic rings. The first kappa shape index (κ1) is 27.2. The van der Waals surface area contributed by atoms with Gasteiger partial charge in [0.15, 0.2) is 0 Å². The van der Waals surface area contributed by atoms with Gasteiger partial charge in [0.2, 0.25) is 0 Å². The van der Waals surface area contributed by atoms with Crippen LogP contribution >= 0.6 is 31.9 Å². The maximum atomic E-state index is 3.83. The molecule has 1 aliphatic carbocycles. The Bertz CT molecular complexity index is 1800. The van der Waals surface area contributed by atoms with Crippen LogP contribution in [0.5, 0.6) is 0 Å². The molecule has 206 valence electrons. The van der Waals surface area contributed by atoms with Crippen LogP contribution in [0, 0.1) is 0 Å². The van der Waals surface area contributed by atoms with Gasteiger partial charge in [0.05, 0.1) is 0 Å². The third-order valence-electron chi connectivity index (χ3n) is 9.60. The second-order valence-electron chi connectivity index (χ2n) is 12.0. The molecule has 1 aliphatic rings. The summed E-state index contributed by atoms with van der Waals surface area (Å²) in [5.74, 6) is 0. The molecule has 0 saturated carbocycles. The van der Waals surface area contributed by atoms with E-state index < -0.39 is 0 Å². The van der Waals surface area contributed by atoms with Crippen LogP contribution < -0.4 is 0 Å². The summed E-state index contributed by atoms with van der Waals surface area (Å²) in [5, 5.41) is 11.1. The van der Waals surface area contributed by atoms with E-state index in [1.807, 2.05) is 0 Å². The van der Waals surface area contributed by atoms with Gasteiger partial charge in [0.25, 0.3) is 0 Å². The number of benzene rings is 6. The van der Waals surface area contributed by atoms with E-state index in [-0.39, 0.29) is 5.41 Å². The maximum Gasteiger partial charge on any atom is 0.0228 e. The normalized spacial score (nSPS) is 13.9. The monoisotopic (exact) mass is 662 g/mol. The number of hydrogen-bond donors (Lipinski definition) is 0. The molecule has 0 N–H and O–H groups in total. The standard InChI is InChI=1S/C39H36Br2/c1-3-5-11-21-39(22-12-6-4-2)37-31-19-17-25(40)23-33(31)27-13-7-9-15-29(27)35(37)36-30-16-10-8-14-28(30)34-24-26(41)18-20-32(34)38(36)39/h7-10,13-20,23-24H,3-6,11-12,21-22H2,1-2H3. The molecule has 0 atom stereocenters. The molecule has 0 amide bonds. The van der Waals surface area contributed by atoms with Crippen LogP contribution in [-0.2, 0) is 5.41 Å². The minimum atomic E-state index is -0.0266. The molecule has 41 heavy (non-hydrogen) atoms. The molecule has 7 rings (SSSR count). The van der Waals surface area contributed by atoms with Crippen molar-refractivity contribution in [1.82, 2.24) is 0 Å². The Morgan fingerprint density at radius 1 is 0.463 bits per heavy atom. The lowest BCUT2D eigenvalue weighted by Crippen LogP contribution is -2.26. The average Bonchev–Trinajstić information content (AvgIpc) is 3.29. The number of unbranched alkanes of at least 4 members (excludes halogenated alkanes) is 4. The Labute approximate surface area is 260 Å². The van der Waals surface area contributed by atoms with Gasteiger partial charge in [-0.2, -0.15) is 0 Å². The van der Waals surface area contributed by atoms with Crippen LogP contribution in [-0.4, -0.2) is 0 Å². The van der Waals surface area contributed by atoms with Gasteiger partial charge < -0.3 is 0 Å². The quantitative estimate of drug-likeness (QED) is 0.112. The molecule has 2 heteroatoms. The van der Waals surface area contributed by atoms with Gasteiger partial charge in [-0.15, -0.1) is 0 Å². The maximum absolute atomic E-state index is 3.83. The summed E-state index contributed by atoms with van der Waals surface area (Å²) in [5.41, 5.74) is 6.11. The minimum Gasteiger partial charge on any atom is -0.0654 e. The molecule has 0 saturated heterocycles. The van der Waals surface area contributed by atoms with Crippen molar-refractivity contribution in [3.63, 3.8) is 0 Å². The van der Waals surface area contributed by atoms with Gasteiger partial charge in [0, 0.05) is 14.4 Å². The van der Waals surface area contributed by atoms with E-state index in [4.69, 9.17) is 0 Å². The smallest absolute Gasteiger partial charge is 0.0228 e. The van der Waals surface area contributed by atoms with Gasteiger partial charge >= 0.3 is 0 Å². The van der Waals surface area contributed by atoms with E-state index in [1.165, 1.54) is 106 Å². The zero-order chi connectivity index (χ0) is 28.1. The number of rotatable bonds is 8. The first-order valence-electron chi connectivity index (χ1n) is 15.4. The molecule has 0 radical (unpaired) electrons. The highest BCUT2D eigenvalue weighted by molar-refractivity contribution is 9.10. The third-order valence-corrected chi connectivity index (χ3v) is 10.6. The van der Waals surface area contributed by atoms with Gasteiger partial charge in [-0.25, -0.2) is 0 Å². The number of halogens is 2. The van der Waals surface area contributed by atoms with Crippen molar-refractivity contribution >= 4 is 74.9 Å². The van der Waals surface area contributed by atoms with Crippen molar-refractivity contribution in [2.75, 3.05) is 0 Å². The fourth-order valence-electron chi connectivity index (χ4n) is 7.94. The molecular weight excluding hydrogens is 628 g/mol. The topological polar surface area (TPSA) is 0 Å². The van der Waals surface area contributed by atoms with Gasteiger partial charge in [-0.05, 0) is 102 Å². The van der Waals surface area contributed by atoms with Gasteiger partial charge in [0.1, 0.15) is 0 Å². The highest BCUT2D eigenvalue weighted by atomic mass is 79.9.